The van der Waals surface area contributed by atoms with Crippen LogP contribution in [0.5, 0.6) is 11.5 Å². The van der Waals surface area contributed by atoms with E-state index in [1.807, 2.05) is 0 Å². The van der Waals surface area contributed by atoms with E-state index in [2.05, 4.69) is 15.9 Å². The molecular weight excluding hydrogens is 422 g/mol. The molecule has 0 aliphatic rings. The van der Waals surface area contributed by atoms with E-state index in [4.69, 9.17) is 21.1 Å². The van der Waals surface area contributed by atoms with Crippen LogP contribution in [-0.2, 0) is 0 Å². The minimum atomic E-state index is -1.46. The first kappa shape index (κ1) is 22.8. The van der Waals surface area contributed by atoms with E-state index in [0.717, 1.165) is 0 Å². The Morgan fingerprint density at radius 2 is 1.74 bits per heavy atom. The summed E-state index contributed by atoms with van der Waals surface area (Å²) >= 11 is 9.03. The van der Waals surface area contributed by atoms with Crippen molar-refractivity contribution in [1.29, 1.82) is 0 Å². The van der Waals surface area contributed by atoms with Gasteiger partial charge in [-0.3, -0.25) is 0 Å². The standard InChI is InChI=1S/C15H12BrClFO3.ClH.Mg/c1-20-12-7-13(21-2)10(16)6-9(12)15(19)8-4-3-5-11(17)14(8)18;;/h3-7,15H,1-2H3;1H;/q-1;;+2/p-1. The number of benzene rings is 2. The molecule has 0 aliphatic heterocycles. The Labute approximate surface area is 169 Å². The minimum Gasteiger partial charge on any atom is -1.00 e. The van der Waals surface area contributed by atoms with Gasteiger partial charge in [-0.25, -0.2) is 4.39 Å². The molecule has 0 N–H and O–H groups in total. The van der Waals surface area contributed by atoms with E-state index in [-0.39, 0.29) is 46.0 Å². The topological polar surface area (TPSA) is 41.5 Å². The van der Waals surface area contributed by atoms with Gasteiger partial charge < -0.3 is 27.0 Å². The van der Waals surface area contributed by atoms with Crippen molar-refractivity contribution in [2.24, 2.45) is 0 Å². The Balaban J connectivity index is 0.00000242. The number of rotatable bonds is 4. The molecule has 0 aromatic heterocycles. The summed E-state index contributed by atoms with van der Waals surface area (Å²) in [6.45, 7) is 0. The third-order valence-electron chi connectivity index (χ3n) is 3.05. The molecule has 23 heavy (non-hydrogen) atoms. The van der Waals surface area contributed by atoms with Crippen LogP contribution in [0, 0.1) is 5.82 Å². The zero-order valence-corrected chi connectivity index (χ0v) is 16.9. The normalized spacial score (nSPS) is 11.0. The summed E-state index contributed by atoms with van der Waals surface area (Å²) in [6, 6.07) is 7.49. The van der Waals surface area contributed by atoms with E-state index in [1.165, 1.54) is 32.4 Å². The first-order valence-corrected chi connectivity index (χ1v) is 7.17. The third kappa shape index (κ3) is 4.87. The molecule has 0 saturated heterocycles. The van der Waals surface area contributed by atoms with Gasteiger partial charge >= 0.3 is 23.1 Å². The molecule has 0 amide bonds. The molecule has 120 valence electrons. The SMILES string of the molecule is COc1cc(OC)c(C([O-])c2cccc(Cl)c2F)cc1Br.[Cl-].[Mg+2]. The van der Waals surface area contributed by atoms with E-state index in [9.17, 15) is 9.50 Å². The summed E-state index contributed by atoms with van der Waals surface area (Å²) in [7, 11) is 2.94. The van der Waals surface area contributed by atoms with Crippen molar-refractivity contribution in [3.8, 4) is 11.5 Å². The maximum atomic E-state index is 14.0. The molecule has 2 aromatic carbocycles. The molecule has 0 radical (unpaired) electrons. The van der Waals surface area contributed by atoms with Crippen molar-refractivity contribution in [1.82, 2.24) is 0 Å². The van der Waals surface area contributed by atoms with Crippen molar-refractivity contribution < 1.29 is 31.4 Å². The van der Waals surface area contributed by atoms with Crippen LogP contribution in [0.1, 0.15) is 17.2 Å². The third-order valence-corrected chi connectivity index (χ3v) is 3.96. The first-order valence-electron chi connectivity index (χ1n) is 6.00. The van der Waals surface area contributed by atoms with Gasteiger partial charge in [0, 0.05) is 6.07 Å². The van der Waals surface area contributed by atoms with E-state index >= 15 is 0 Å². The van der Waals surface area contributed by atoms with Gasteiger partial charge in [0.15, 0.2) is 0 Å². The maximum Gasteiger partial charge on any atom is 2.00 e. The van der Waals surface area contributed by atoms with Gasteiger partial charge in [0.2, 0.25) is 0 Å². The molecule has 0 bridgehead atoms. The van der Waals surface area contributed by atoms with Gasteiger partial charge in [0.25, 0.3) is 0 Å². The Morgan fingerprint density at radius 1 is 1.13 bits per heavy atom. The Bertz CT molecular complexity index is 673. The fraction of sp³-hybridized carbons (Fsp3) is 0.200. The smallest absolute Gasteiger partial charge is 1.00 e. The number of methoxy groups -OCH3 is 2. The maximum absolute atomic E-state index is 14.0. The molecule has 2 rings (SSSR count). The molecule has 1 atom stereocenters. The van der Waals surface area contributed by atoms with Crippen LogP contribution < -0.4 is 27.0 Å². The quantitative estimate of drug-likeness (QED) is 0.652. The molecule has 8 heteroatoms. The van der Waals surface area contributed by atoms with Gasteiger partial charge in [-0.1, -0.05) is 29.8 Å². The Kier molecular flexibility index (Phi) is 9.80. The van der Waals surface area contributed by atoms with E-state index in [1.54, 1.807) is 12.1 Å². The molecule has 1 unspecified atom stereocenters. The zero-order valence-electron chi connectivity index (χ0n) is 12.4. The van der Waals surface area contributed by atoms with Crippen LogP contribution in [-0.4, -0.2) is 37.3 Å². The van der Waals surface area contributed by atoms with Crippen molar-refractivity contribution in [3.63, 3.8) is 0 Å². The van der Waals surface area contributed by atoms with Crippen molar-refractivity contribution in [2.45, 2.75) is 6.10 Å². The van der Waals surface area contributed by atoms with Gasteiger partial charge in [-0.15, -0.1) is 0 Å². The fourth-order valence-electron chi connectivity index (χ4n) is 1.98. The van der Waals surface area contributed by atoms with Crippen LogP contribution in [0.15, 0.2) is 34.8 Å². The molecule has 0 heterocycles. The predicted octanol–water partition coefficient (Wildman–Crippen LogP) is 0.332. The van der Waals surface area contributed by atoms with Crippen LogP contribution >= 0.6 is 27.5 Å². The number of halogens is 4. The second-order valence-corrected chi connectivity index (χ2v) is 5.51. The molecule has 3 nitrogen and oxygen atoms in total. The van der Waals surface area contributed by atoms with Crippen LogP contribution in [0.2, 0.25) is 5.02 Å². The summed E-state index contributed by atoms with van der Waals surface area (Å²) < 4.78 is 24.9. The minimum absolute atomic E-state index is 0. The molecule has 2 aromatic rings. The van der Waals surface area contributed by atoms with E-state index in [0.29, 0.717) is 21.5 Å². The number of hydrogen-bond donors (Lipinski definition) is 0. The number of hydrogen-bond acceptors (Lipinski definition) is 3. The monoisotopic (exact) mass is 432 g/mol. The molecule has 0 aliphatic carbocycles. The van der Waals surface area contributed by atoms with Crippen LogP contribution in [0.25, 0.3) is 0 Å². The molecule has 0 spiro atoms. The summed E-state index contributed by atoms with van der Waals surface area (Å²) in [5.41, 5.74) is 0.268. The molecule has 0 saturated carbocycles. The Hall–Kier alpha value is -0.244. The largest absolute Gasteiger partial charge is 2.00 e. The van der Waals surface area contributed by atoms with Crippen LogP contribution in [0.3, 0.4) is 0 Å². The van der Waals surface area contributed by atoms with Gasteiger partial charge in [0.1, 0.15) is 17.3 Å². The van der Waals surface area contributed by atoms with E-state index < -0.39 is 11.9 Å². The molecule has 0 fully saturated rings. The van der Waals surface area contributed by atoms with Crippen molar-refractivity contribution >= 4 is 50.6 Å². The van der Waals surface area contributed by atoms with Gasteiger partial charge in [0.05, 0.1) is 23.7 Å². The second kappa shape index (κ2) is 9.91. The summed E-state index contributed by atoms with van der Waals surface area (Å²) in [5.74, 6) is 0.136. The Morgan fingerprint density at radius 3 is 2.30 bits per heavy atom. The van der Waals surface area contributed by atoms with Crippen LogP contribution in [0.4, 0.5) is 4.39 Å². The summed E-state index contributed by atoms with van der Waals surface area (Å²) in [6.07, 6.45) is -1.46. The van der Waals surface area contributed by atoms with Gasteiger partial charge in [-0.05, 0) is 39.2 Å². The summed E-state index contributed by atoms with van der Waals surface area (Å²) in [4.78, 5) is 0. The van der Waals surface area contributed by atoms with Crippen molar-refractivity contribution in [3.05, 3.63) is 56.8 Å². The second-order valence-electron chi connectivity index (χ2n) is 4.25. The average Bonchev–Trinajstić information content (AvgIpc) is 2.49. The fourth-order valence-corrected chi connectivity index (χ4v) is 2.68. The van der Waals surface area contributed by atoms with Crippen molar-refractivity contribution in [2.75, 3.05) is 14.2 Å². The average molecular weight is 434 g/mol. The van der Waals surface area contributed by atoms with Gasteiger partial charge in [-0.2, -0.15) is 0 Å². The first-order chi connectivity index (χ1) is 9.99. The predicted molar refractivity (Wildman–Crippen MR) is 86.3 cm³/mol. The molecular formula is C15H12BrCl2FMgO3. The number of ether oxygens (including phenoxy) is 2. The summed E-state index contributed by atoms with van der Waals surface area (Å²) in [5, 5.41) is 12.5. The zero-order chi connectivity index (χ0) is 15.6.